The summed E-state index contributed by atoms with van der Waals surface area (Å²) in [6.45, 7) is 5.19. The third-order valence-electron chi connectivity index (χ3n) is 3.32. The molecule has 2 aromatic rings. The first-order chi connectivity index (χ1) is 11.8. The van der Waals surface area contributed by atoms with Gasteiger partial charge in [-0.25, -0.2) is 9.37 Å². The molecule has 1 aromatic carbocycles. The largest absolute Gasteiger partial charge is 0.488 e. The summed E-state index contributed by atoms with van der Waals surface area (Å²) >= 11 is 0. The first kappa shape index (κ1) is 18.4. The van der Waals surface area contributed by atoms with Crippen LogP contribution < -0.4 is 10.3 Å². The van der Waals surface area contributed by atoms with Gasteiger partial charge in [0.25, 0.3) is 5.56 Å². The number of benzene rings is 1. The average Bonchev–Trinajstić information content (AvgIpc) is 2.50. The maximum absolute atomic E-state index is 14.0. The zero-order valence-electron chi connectivity index (χ0n) is 14.2. The molecular weight excluding hydrogens is 327 g/mol. The van der Waals surface area contributed by atoms with Crippen molar-refractivity contribution in [3.8, 4) is 5.75 Å². The minimum absolute atomic E-state index is 0.117. The summed E-state index contributed by atoms with van der Waals surface area (Å²) in [5.41, 5.74) is 0.536. The number of nitrogens with one attached hydrogen (secondary N) is 1. The number of rotatable bonds is 6. The van der Waals surface area contributed by atoms with E-state index in [-0.39, 0.29) is 29.7 Å². The van der Waals surface area contributed by atoms with Gasteiger partial charge in [0.2, 0.25) is 0 Å². The van der Waals surface area contributed by atoms with E-state index in [0.29, 0.717) is 11.3 Å². The molecule has 0 saturated heterocycles. The molecule has 0 amide bonds. The molecule has 2 rings (SSSR count). The van der Waals surface area contributed by atoms with E-state index in [4.69, 9.17) is 9.84 Å². The zero-order chi connectivity index (χ0) is 18.6. The van der Waals surface area contributed by atoms with Gasteiger partial charge >= 0.3 is 5.97 Å². The van der Waals surface area contributed by atoms with Crippen LogP contribution in [-0.2, 0) is 11.2 Å². The van der Waals surface area contributed by atoms with Gasteiger partial charge in [0.1, 0.15) is 5.82 Å². The van der Waals surface area contributed by atoms with Crippen molar-refractivity contribution >= 4 is 18.1 Å². The molecule has 0 aliphatic heterocycles. The van der Waals surface area contributed by atoms with Crippen LogP contribution in [0.1, 0.15) is 36.5 Å². The SMILES string of the molecule is Cc1nc(/C=C/c2ccc(OC(C)C)c(F)c2)[nH]c(=O)c1CC(=O)O. The summed E-state index contributed by atoms with van der Waals surface area (Å²) in [6, 6.07) is 4.53. The molecule has 2 N–H and O–H groups in total. The zero-order valence-corrected chi connectivity index (χ0v) is 14.2. The molecule has 1 heterocycles. The van der Waals surface area contributed by atoms with E-state index in [1.54, 1.807) is 19.1 Å². The highest BCUT2D eigenvalue weighted by molar-refractivity contribution is 5.71. The minimum atomic E-state index is -1.10. The van der Waals surface area contributed by atoms with Crippen LogP contribution in [0.5, 0.6) is 5.75 Å². The van der Waals surface area contributed by atoms with Crippen LogP contribution in [0.15, 0.2) is 23.0 Å². The van der Waals surface area contributed by atoms with Gasteiger partial charge in [-0.05, 0) is 44.5 Å². The average molecular weight is 346 g/mol. The fourth-order valence-corrected chi connectivity index (χ4v) is 2.22. The molecule has 0 radical (unpaired) electrons. The van der Waals surface area contributed by atoms with Gasteiger partial charge in [-0.15, -0.1) is 0 Å². The Morgan fingerprint density at radius 2 is 2.12 bits per heavy atom. The van der Waals surface area contributed by atoms with Crippen LogP contribution >= 0.6 is 0 Å². The maximum Gasteiger partial charge on any atom is 0.308 e. The van der Waals surface area contributed by atoms with Crippen LogP contribution in [0.4, 0.5) is 4.39 Å². The number of ether oxygens (including phenoxy) is 1. The number of aryl methyl sites for hydroxylation is 1. The second kappa shape index (κ2) is 7.74. The Bertz CT molecular complexity index is 872. The Labute approximate surface area is 144 Å². The second-order valence-corrected chi connectivity index (χ2v) is 5.78. The first-order valence-corrected chi connectivity index (χ1v) is 7.72. The van der Waals surface area contributed by atoms with E-state index < -0.39 is 17.3 Å². The predicted octanol–water partition coefficient (Wildman–Crippen LogP) is 2.80. The van der Waals surface area contributed by atoms with Crippen molar-refractivity contribution < 1.29 is 19.0 Å². The Balaban J connectivity index is 2.23. The second-order valence-electron chi connectivity index (χ2n) is 5.78. The molecule has 0 aliphatic carbocycles. The fourth-order valence-electron chi connectivity index (χ4n) is 2.22. The monoisotopic (exact) mass is 346 g/mol. The van der Waals surface area contributed by atoms with Crippen molar-refractivity contribution in [3.05, 3.63) is 57.0 Å². The molecule has 0 unspecified atom stereocenters. The van der Waals surface area contributed by atoms with Crippen LogP contribution in [0.2, 0.25) is 0 Å². The lowest BCUT2D eigenvalue weighted by Crippen LogP contribution is -2.20. The van der Waals surface area contributed by atoms with Gasteiger partial charge in [0.05, 0.1) is 12.5 Å². The van der Waals surface area contributed by atoms with Gasteiger partial charge in [-0.2, -0.15) is 0 Å². The molecule has 0 saturated carbocycles. The molecule has 25 heavy (non-hydrogen) atoms. The van der Waals surface area contributed by atoms with Crippen molar-refractivity contribution in [2.45, 2.75) is 33.3 Å². The number of halogens is 1. The first-order valence-electron chi connectivity index (χ1n) is 7.72. The van der Waals surface area contributed by atoms with Crippen molar-refractivity contribution in [2.75, 3.05) is 0 Å². The maximum atomic E-state index is 14.0. The molecule has 0 fully saturated rings. The number of carboxylic acid groups (broad SMARTS) is 1. The van der Waals surface area contributed by atoms with Crippen LogP contribution in [0, 0.1) is 12.7 Å². The van der Waals surface area contributed by atoms with Crippen molar-refractivity contribution in [3.63, 3.8) is 0 Å². The third kappa shape index (κ3) is 5.00. The highest BCUT2D eigenvalue weighted by atomic mass is 19.1. The van der Waals surface area contributed by atoms with Gasteiger partial charge in [0, 0.05) is 11.3 Å². The predicted molar refractivity (Wildman–Crippen MR) is 92.0 cm³/mol. The third-order valence-corrected chi connectivity index (χ3v) is 3.32. The Morgan fingerprint density at radius 3 is 2.68 bits per heavy atom. The summed E-state index contributed by atoms with van der Waals surface area (Å²) in [4.78, 5) is 29.4. The smallest absolute Gasteiger partial charge is 0.308 e. The van der Waals surface area contributed by atoms with E-state index in [2.05, 4.69) is 9.97 Å². The van der Waals surface area contributed by atoms with Crippen LogP contribution in [0.25, 0.3) is 12.2 Å². The number of aromatic amines is 1. The minimum Gasteiger partial charge on any atom is -0.488 e. The topological polar surface area (TPSA) is 92.3 Å². The van der Waals surface area contributed by atoms with Crippen LogP contribution in [0.3, 0.4) is 0 Å². The number of hydrogen-bond donors (Lipinski definition) is 2. The van der Waals surface area contributed by atoms with E-state index in [1.165, 1.54) is 18.2 Å². The van der Waals surface area contributed by atoms with Crippen molar-refractivity contribution in [1.29, 1.82) is 0 Å². The van der Waals surface area contributed by atoms with Crippen LogP contribution in [-0.4, -0.2) is 27.1 Å². The van der Waals surface area contributed by atoms with Crippen molar-refractivity contribution in [1.82, 2.24) is 9.97 Å². The molecule has 1 aromatic heterocycles. The molecule has 132 valence electrons. The lowest BCUT2D eigenvalue weighted by Gasteiger charge is -2.10. The highest BCUT2D eigenvalue weighted by Crippen LogP contribution is 2.20. The van der Waals surface area contributed by atoms with Crippen molar-refractivity contribution in [2.24, 2.45) is 0 Å². The Hall–Kier alpha value is -2.96. The van der Waals surface area contributed by atoms with Gasteiger partial charge in [-0.1, -0.05) is 12.1 Å². The summed E-state index contributed by atoms with van der Waals surface area (Å²) in [5, 5.41) is 8.80. The number of aromatic nitrogens is 2. The van der Waals surface area contributed by atoms with Gasteiger partial charge < -0.3 is 14.8 Å². The Kier molecular flexibility index (Phi) is 5.69. The van der Waals surface area contributed by atoms with E-state index in [0.717, 1.165) is 0 Å². The molecule has 0 spiro atoms. The molecule has 0 aliphatic rings. The summed E-state index contributed by atoms with van der Waals surface area (Å²) < 4.78 is 19.3. The number of nitrogens with zero attached hydrogens (tertiary/aromatic N) is 1. The molecule has 0 bridgehead atoms. The van der Waals surface area contributed by atoms with Gasteiger partial charge in [0.15, 0.2) is 11.6 Å². The molecule has 7 heteroatoms. The number of hydrogen-bond acceptors (Lipinski definition) is 4. The van der Waals surface area contributed by atoms with E-state index in [9.17, 15) is 14.0 Å². The lowest BCUT2D eigenvalue weighted by atomic mass is 10.1. The summed E-state index contributed by atoms with van der Waals surface area (Å²) in [7, 11) is 0. The molecule has 0 atom stereocenters. The Morgan fingerprint density at radius 1 is 1.40 bits per heavy atom. The number of aliphatic carboxylic acids is 1. The standard InChI is InChI=1S/C18H19FN2O4/c1-10(2)25-15-6-4-12(8-14(15)19)5-7-16-20-11(3)13(9-17(22)23)18(24)21-16/h4-8,10H,9H2,1-3H3,(H,22,23)(H,20,21,24)/b7-5+. The lowest BCUT2D eigenvalue weighted by molar-refractivity contribution is -0.136. The quantitative estimate of drug-likeness (QED) is 0.839. The van der Waals surface area contributed by atoms with E-state index >= 15 is 0 Å². The molecule has 6 nitrogen and oxygen atoms in total. The molecular formula is C18H19FN2O4. The van der Waals surface area contributed by atoms with Gasteiger partial charge in [-0.3, -0.25) is 9.59 Å². The summed E-state index contributed by atoms with van der Waals surface area (Å²) in [5.74, 6) is -1.14. The number of carboxylic acids is 1. The summed E-state index contributed by atoms with van der Waals surface area (Å²) in [6.07, 6.45) is 2.60. The number of carbonyl (C=O) groups is 1. The highest BCUT2D eigenvalue weighted by Gasteiger charge is 2.11. The van der Waals surface area contributed by atoms with E-state index in [1.807, 2.05) is 13.8 Å². The number of H-pyrrole nitrogens is 1. The fraction of sp³-hybridized carbons (Fsp3) is 0.278. The normalized spacial score (nSPS) is 11.2.